The van der Waals surface area contributed by atoms with E-state index in [2.05, 4.69) is 35.4 Å². The smallest absolute Gasteiger partial charge is 0.206 e. The highest BCUT2D eigenvalue weighted by Crippen LogP contribution is 2.35. The van der Waals surface area contributed by atoms with Crippen molar-refractivity contribution >= 4 is 16.5 Å². The van der Waals surface area contributed by atoms with Crippen molar-refractivity contribution in [1.82, 2.24) is 10.2 Å². The minimum atomic E-state index is 0.262. The Morgan fingerprint density at radius 1 is 1.32 bits per heavy atom. The van der Waals surface area contributed by atoms with Crippen LogP contribution < -0.4 is 10.1 Å². The highest BCUT2D eigenvalue weighted by Gasteiger charge is 2.22. The second kappa shape index (κ2) is 5.17. The van der Waals surface area contributed by atoms with Crippen molar-refractivity contribution in [2.75, 3.05) is 11.9 Å². The van der Waals surface area contributed by atoms with Gasteiger partial charge in [0.2, 0.25) is 5.13 Å². The van der Waals surface area contributed by atoms with E-state index in [9.17, 15) is 0 Å². The zero-order chi connectivity index (χ0) is 13.2. The fourth-order valence-electron chi connectivity index (χ4n) is 2.17. The number of rotatable bonds is 3. The molecule has 5 heteroatoms. The Kier molecular flexibility index (Phi) is 3.38. The second-order valence-corrected chi connectivity index (χ2v) is 5.98. The number of anilines is 1. The Balaban J connectivity index is 1.80. The lowest BCUT2D eigenvalue weighted by Gasteiger charge is -2.26. The van der Waals surface area contributed by atoms with Gasteiger partial charge in [-0.25, -0.2) is 0 Å². The summed E-state index contributed by atoms with van der Waals surface area (Å²) in [6, 6.07) is 8.43. The molecule has 0 saturated heterocycles. The fourth-order valence-corrected chi connectivity index (χ4v) is 2.97. The normalized spacial score (nSPS) is 17.9. The van der Waals surface area contributed by atoms with Gasteiger partial charge in [0.15, 0.2) is 0 Å². The molecule has 0 fully saturated rings. The molecule has 1 aromatic heterocycles. The summed E-state index contributed by atoms with van der Waals surface area (Å²) in [5, 5.41) is 13.9. The molecule has 0 amide bonds. The number of hydrogen-bond donors (Lipinski definition) is 1. The molecule has 2 aromatic rings. The average Bonchev–Trinajstić information content (AvgIpc) is 2.88. The topological polar surface area (TPSA) is 47.0 Å². The predicted molar refractivity (Wildman–Crippen MR) is 76.9 cm³/mol. The van der Waals surface area contributed by atoms with Gasteiger partial charge in [0.25, 0.3) is 0 Å². The van der Waals surface area contributed by atoms with E-state index in [1.54, 1.807) is 11.3 Å². The van der Waals surface area contributed by atoms with Crippen LogP contribution in [0.1, 0.15) is 42.8 Å². The molecular formula is C14H17N3OS. The molecule has 1 aromatic carbocycles. The monoisotopic (exact) mass is 275 g/mol. The van der Waals surface area contributed by atoms with Gasteiger partial charge in [-0.3, -0.25) is 0 Å². The van der Waals surface area contributed by atoms with Gasteiger partial charge in [-0.2, -0.15) is 0 Å². The fraction of sp³-hybridized carbons (Fsp3) is 0.429. The Bertz CT molecular complexity index is 567. The molecule has 0 radical (unpaired) electrons. The quantitative estimate of drug-likeness (QED) is 0.929. The van der Waals surface area contributed by atoms with Gasteiger partial charge in [-0.1, -0.05) is 43.4 Å². The first-order chi connectivity index (χ1) is 9.24. The lowest BCUT2D eigenvalue weighted by molar-refractivity contribution is 0.274. The number of nitrogens with zero attached hydrogens (tertiary/aromatic N) is 2. The van der Waals surface area contributed by atoms with Crippen LogP contribution in [0.2, 0.25) is 0 Å². The van der Waals surface area contributed by atoms with Crippen LogP contribution in [0.15, 0.2) is 24.3 Å². The summed E-state index contributed by atoms with van der Waals surface area (Å²) in [4.78, 5) is 0. The van der Waals surface area contributed by atoms with Gasteiger partial charge >= 0.3 is 0 Å². The van der Waals surface area contributed by atoms with E-state index < -0.39 is 0 Å². The van der Waals surface area contributed by atoms with Crippen molar-refractivity contribution in [2.45, 2.75) is 32.2 Å². The maximum atomic E-state index is 5.66. The highest BCUT2D eigenvalue weighted by atomic mass is 32.1. The molecular weight excluding hydrogens is 258 g/mol. The number of para-hydroxylation sites is 1. The molecule has 1 N–H and O–H groups in total. The van der Waals surface area contributed by atoms with Gasteiger partial charge in [-0.05, 0) is 6.07 Å². The van der Waals surface area contributed by atoms with E-state index in [0.717, 1.165) is 28.9 Å². The predicted octanol–water partition coefficient (Wildman–Crippen LogP) is 3.60. The first-order valence-electron chi connectivity index (χ1n) is 6.55. The third-order valence-corrected chi connectivity index (χ3v) is 4.35. The van der Waals surface area contributed by atoms with Crippen LogP contribution in [-0.4, -0.2) is 16.8 Å². The van der Waals surface area contributed by atoms with Crippen molar-refractivity contribution in [2.24, 2.45) is 0 Å². The molecule has 1 unspecified atom stereocenters. The SMILES string of the molecule is CC(C)c1nnc(NC2CCOc3ccccc32)s1. The van der Waals surface area contributed by atoms with Gasteiger partial charge in [0, 0.05) is 17.9 Å². The van der Waals surface area contributed by atoms with Crippen LogP contribution in [0.3, 0.4) is 0 Å². The summed E-state index contributed by atoms with van der Waals surface area (Å²) in [5.74, 6) is 1.40. The average molecular weight is 275 g/mol. The molecule has 100 valence electrons. The molecule has 0 bridgehead atoms. The molecule has 19 heavy (non-hydrogen) atoms. The van der Waals surface area contributed by atoms with Crippen molar-refractivity contribution in [1.29, 1.82) is 0 Å². The second-order valence-electron chi connectivity index (χ2n) is 4.97. The van der Waals surface area contributed by atoms with Crippen LogP contribution in [0, 0.1) is 0 Å². The van der Waals surface area contributed by atoms with E-state index in [-0.39, 0.29) is 6.04 Å². The molecule has 0 spiro atoms. The van der Waals surface area contributed by atoms with E-state index >= 15 is 0 Å². The minimum Gasteiger partial charge on any atom is -0.493 e. The molecule has 0 aliphatic carbocycles. The minimum absolute atomic E-state index is 0.262. The van der Waals surface area contributed by atoms with Crippen LogP contribution in [0.4, 0.5) is 5.13 Å². The number of ether oxygens (including phenoxy) is 1. The van der Waals surface area contributed by atoms with Gasteiger partial charge < -0.3 is 10.1 Å². The first-order valence-corrected chi connectivity index (χ1v) is 7.37. The van der Waals surface area contributed by atoms with Crippen LogP contribution in [0.25, 0.3) is 0 Å². The van der Waals surface area contributed by atoms with Crippen molar-refractivity contribution in [3.05, 3.63) is 34.8 Å². The summed E-state index contributed by atoms with van der Waals surface area (Å²) in [6.45, 7) is 5.01. The zero-order valence-corrected chi connectivity index (χ0v) is 11.9. The molecule has 3 rings (SSSR count). The number of fused-ring (bicyclic) bond motifs is 1. The van der Waals surface area contributed by atoms with Gasteiger partial charge in [0.05, 0.1) is 12.6 Å². The molecule has 1 aliphatic rings. The van der Waals surface area contributed by atoms with Crippen molar-refractivity contribution < 1.29 is 4.74 Å². The molecule has 1 aliphatic heterocycles. The maximum Gasteiger partial charge on any atom is 0.206 e. The third kappa shape index (κ3) is 2.56. The molecule has 2 heterocycles. The Labute approximate surface area is 116 Å². The van der Waals surface area contributed by atoms with Crippen LogP contribution >= 0.6 is 11.3 Å². The Morgan fingerprint density at radius 3 is 2.95 bits per heavy atom. The maximum absolute atomic E-state index is 5.66. The van der Waals surface area contributed by atoms with E-state index in [1.807, 2.05) is 18.2 Å². The van der Waals surface area contributed by atoms with Crippen molar-refractivity contribution in [3.63, 3.8) is 0 Å². The Hall–Kier alpha value is -1.62. The molecule has 1 atom stereocenters. The van der Waals surface area contributed by atoms with Gasteiger partial charge in [-0.15, -0.1) is 10.2 Å². The lowest BCUT2D eigenvalue weighted by atomic mass is 10.0. The van der Waals surface area contributed by atoms with E-state index in [1.165, 1.54) is 5.56 Å². The number of hydrogen-bond acceptors (Lipinski definition) is 5. The van der Waals surface area contributed by atoms with Gasteiger partial charge in [0.1, 0.15) is 10.8 Å². The molecule has 4 nitrogen and oxygen atoms in total. The number of nitrogens with one attached hydrogen (secondary N) is 1. The van der Waals surface area contributed by atoms with Crippen LogP contribution in [0.5, 0.6) is 5.75 Å². The highest BCUT2D eigenvalue weighted by molar-refractivity contribution is 7.15. The van der Waals surface area contributed by atoms with E-state index in [4.69, 9.17) is 4.74 Å². The number of benzene rings is 1. The largest absolute Gasteiger partial charge is 0.493 e. The summed E-state index contributed by atoms with van der Waals surface area (Å²) in [6.07, 6.45) is 0.952. The van der Waals surface area contributed by atoms with E-state index in [0.29, 0.717) is 5.92 Å². The lowest BCUT2D eigenvalue weighted by Crippen LogP contribution is -2.20. The first kappa shape index (κ1) is 12.4. The van der Waals surface area contributed by atoms with Crippen molar-refractivity contribution in [3.8, 4) is 5.75 Å². The molecule has 0 saturated carbocycles. The standard InChI is InChI=1S/C14H17N3OS/c1-9(2)13-16-17-14(19-13)15-11-7-8-18-12-6-4-3-5-10(11)12/h3-6,9,11H,7-8H2,1-2H3,(H,15,17). The summed E-state index contributed by atoms with van der Waals surface area (Å²) in [7, 11) is 0. The Morgan fingerprint density at radius 2 is 2.16 bits per heavy atom. The summed E-state index contributed by atoms with van der Waals surface area (Å²) in [5.41, 5.74) is 1.20. The summed E-state index contributed by atoms with van der Waals surface area (Å²) < 4.78 is 5.66. The third-order valence-electron chi connectivity index (χ3n) is 3.19. The van der Waals surface area contributed by atoms with Crippen LogP contribution in [-0.2, 0) is 0 Å². The summed E-state index contributed by atoms with van der Waals surface area (Å²) >= 11 is 1.64. The zero-order valence-electron chi connectivity index (χ0n) is 11.1. The number of aromatic nitrogens is 2.